The fourth-order valence-corrected chi connectivity index (χ4v) is 1.05. The zero-order valence-corrected chi connectivity index (χ0v) is 9.73. The molecule has 1 aromatic carbocycles. The van der Waals surface area contributed by atoms with Crippen LogP contribution in [0, 0.1) is 5.92 Å². The summed E-state index contributed by atoms with van der Waals surface area (Å²) in [7, 11) is 0. The van der Waals surface area contributed by atoms with Gasteiger partial charge in [-0.1, -0.05) is 57.5 Å². The Labute approximate surface area is 91.9 Å². The van der Waals surface area contributed by atoms with Crippen LogP contribution in [0.5, 0.6) is 0 Å². The predicted octanol–water partition coefficient (Wildman–Crippen LogP) is 3.37. The van der Waals surface area contributed by atoms with Crippen LogP contribution in [0.15, 0.2) is 30.3 Å². The monoisotopic (exact) mass is 208 g/mol. The minimum atomic E-state index is -0.737. The Bertz CT molecular complexity index is 267. The van der Waals surface area contributed by atoms with Gasteiger partial charge in [0, 0.05) is 0 Å². The molecule has 0 amide bonds. The molecule has 2 heteroatoms. The van der Waals surface area contributed by atoms with Crippen LogP contribution in [0.1, 0.15) is 32.8 Å². The highest BCUT2D eigenvalue weighted by Crippen LogP contribution is 2.07. The maximum absolute atomic E-state index is 10.5. The summed E-state index contributed by atoms with van der Waals surface area (Å²) >= 11 is 0. The predicted molar refractivity (Wildman–Crippen MR) is 62.9 cm³/mol. The van der Waals surface area contributed by atoms with Gasteiger partial charge in [-0.2, -0.15) is 0 Å². The molecule has 0 radical (unpaired) electrons. The molecule has 0 aliphatic heterocycles. The SMILES string of the molecule is CC(Cc1ccccc1)C(=O)O.CCC. The highest BCUT2D eigenvalue weighted by atomic mass is 16.4. The fraction of sp³-hybridized carbons (Fsp3) is 0.462. The number of benzene rings is 1. The van der Waals surface area contributed by atoms with Crippen molar-refractivity contribution in [1.29, 1.82) is 0 Å². The molecule has 0 saturated carbocycles. The second-order valence-corrected chi connectivity index (χ2v) is 3.64. The molecule has 1 N–H and O–H groups in total. The maximum Gasteiger partial charge on any atom is 0.306 e. The van der Waals surface area contributed by atoms with E-state index in [1.165, 1.54) is 6.42 Å². The van der Waals surface area contributed by atoms with Gasteiger partial charge in [0.15, 0.2) is 0 Å². The van der Waals surface area contributed by atoms with Crippen molar-refractivity contribution in [2.24, 2.45) is 5.92 Å². The summed E-state index contributed by atoms with van der Waals surface area (Å²) in [5.41, 5.74) is 1.08. The largest absolute Gasteiger partial charge is 0.481 e. The molecular formula is C13H20O2. The zero-order chi connectivity index (χ0) is 11.7. The smallest absolute Gasteiger partial charge is 0.306 e. The Balaban J connectivity index is 0.000000583. The molecule has 0 bridgehead atoms. The number of rotatable bonds is 3. The van der Waals surface area contributed by atoms with Crippen LogP contribution in [-0.2, 0) is 11.2 Å². The minimum absolute atomic E-state index is 0.299. The van der Waals surface area contributed by atoms with E-state index in [-0.39, 0.29) is 5.92 Å². The lowest BCUT2D eigenvalue weighted by molar-refractivity contribution is -0.141. The van der Waals surface area contributed by atoms with Gasteiger partial charge < -0.3 is 5.11 Å². The summed E-state index contributed by atoms with van der Waals surface area (Å²) < 4.78 is 0. The number of carboxylic acids is 1. The van der Waals surface area contributed by atoms with Crippen molar-refractivity contribution in [3.63, 3.8) is 0 Å². The van der Waals surface area contributed by atoms with Gasteiger partial charge in [0.2, 0.25) is 0 Å². The summed E-state index contributed by atoms with van der Waals surface area (Å²) in [5, 5.41) is 8.64. The summed E-state index contributed by atoms with van der Waals surface area (Å²) in [6.07, 6.45) is 1.86. The summed E-state index contributed by atoms with van der Waals surface area (Å²) in [6, 6.07) is 9.65. The van der Waals surface area contributed by atoms with Crippen molar-refractivity contribution in [3.05, 3.63) is 35.9 Å². The standard InChI is InChI=1S/C10H12O2.C3H8/c1-8(10(11)12)7-9-5-3-2-4-6-9;1-3-2/h2-6,8H,7H2,1H3,(H,11,12);3H2,1-2H3. The third kappa shape index (κ3) is 6.72. The lowest BCUT2D eigenvalue weighted by Gasteiger charge is -2.04. The molecule has 1 aromatic rings. The Kier molecular flexibility index (Phi) is 7.33. The average Bonchev–Trinajstić information content (AvgIpc) is 2.20. The second kappa shape index (κ2) is 8.04. The number of hydrogen-bond donors (Lipinski definition) is 1. The molecule has 0 aliphatic rings. The number of aliphatic carboxylic acids is 1. The van der Waals surface area contributed by atoms with Crippen LogP contribution in [-0.4, -0.2) is 11.1 Å². The van der Waals surface area contributed by atoms with E-state index in [9.17, 15) is 4.79 Å². The quantitative estimate of drug-likeness (QED) is 0.827. The van der Waals surface area contributed by atoms with Gasteiger partial charge in [0.25, 0.3) is 0 Å². The molecule has 84 valence electrons. The van der Waals surface area contributed by atoms with E-state index in [0.29, 0.717) is 6.42 Å². The molecule has 1 unspecified atom stereocenters. The van der Waals surface area contributed by atoms with Gasteiger partial charge in [0.1, 0.15) is 0 Å². The molecule has 1 rings (SSSR count). The number of hydrogen-bond acceptors (Lipinski definition) is 1. The molecule has 15 heavy (non-hydrogen) atoms. The van der Waals surface area contributed by atoms with Crippen LogP contribution < -0.4 is 0 Å². The van der Waals surface area contributed by atoms with Gasteiger partial charge in [-0.3, -0.25) is 4.79 Å². The van der Waals surface area contributed by atoms with Crippen LogP contribution in [0.3, 0.4) is 0 Å². The van der Waals surface area contributed by atoms with Crippen molar-refractivity contribution >= 4 is 5.97 Å². The van der Waals surface area contributed by atoms with Crippen LogP contribution >= 0.6 is 0 Å². The van der Waals surface area contributed by atoms with Crippen molar-refractivity contribution in [2.75, 3.05) is 0 Å². The van der Waals surface area contributed by atoms with E-state index in [2.05, 4.69) is 13.8 Å². The fourth-order valence-electron chi connectivity index (χ4n) is 1.05. The van der Waals surface area contributed by atoms with Crippen molar-refractivity contribution < 1.29 is 9.90 Å². The number of carboxylic acid groups (broad SMARTS) is 1. The third-order valence-corrected chi connectivity index (χ3v) is 1.81. The van der Waals surface area contributed by atoms with Crippen LogP contribution in [0.4, 0.5) is 0 Å². The van der Waals surface area contributed by atoms with E-state index >= 15 is 0 Å². The van der Waals surface area contributed by atoms with Crippen LogP contribution in [0.2, 0.25) is 0 Å². The summed E-state index contributed by atoms with van der Waals surface area (Å²) in [4.78, 5) is 10.5. The molecule has 0 aromatic heterocycles. The van der Waals surface area contributed by atoms with E-state index in [1.54, 1.807) is 6.92 Å². The molecule has 0 spiro atoms. The van der Waals surface area contributed by atoms with Gasteiger partial charge in [-0.25, -0.2) is 0 Å². The summed E-state index contributed by atoms with van der Waals surface area (Å²) in [6.45, 7) is 5.97. The Morgan fingerprint density at radius 1 is 1.27 bits per heavy atom. The molecule has 0 heterocycles. The lowest BCUT2D eigenvalue weighted by Crippen LogP contribution is -2.11. The second-order valence-electron chi connectivity index (χ2n) is 3.64. The van der Waals surface area contributed by atoms with Gasteiger partial charge in [-0.15, -0.1) is 0 Å². The average molecular weight is 208 g/mol. The van der Waals surface area contributed by atoms with Crippen molar-refractivity contribution in [1.82, 2.24) is 0 Å². The van der Waals surface area contributed by atoms with Gasteiger partial charge >= 0.3 is 5.97 Å². The minimum Gasteiger partial charge on any atom is -0.481 e. The lowest BCUT2D eigenvalue weighted by atomic mass is 10.0. The van der Waals surface area contributed by atoms with Gasteiger partial charge in [-0.05, 0) is 12.0 Å². The first-order valence-corrected chi connectivity index (χ1v) is 5.38. The number of carbonyl (C=O) groups is 1. The van der Waals surface area contributed by atoms with Crippen molar-refractivity contribution in [2.45, 2.75) is 33.6 Å². The highest BCUT2D eigenvalue weighted by Gasteiger charge is 2.10. The Morgan fingerprint density at radius 3 is 2.13 bits per heavy atom. The van der Waals surface area contributed by atoms with Crippen molar-refractivity contribution in [3.8, 4) is 0 Å². The molecule has 0 fully saturated rings. The Hall–Kier alpha value is -1.31. The molecule has 2 nitrogen and oxygen atoms in total. The third-order valence-electron chi connectivity index (χ3n) is 1.81. The van der Waals surface area contributed by atoms with E-state index < -0.39 is 5.97 Å². The first kappa shape index (κ1) is 13.7. The Morgan fingerprint density at radius 2 is 1.73 bits per heavy atom. The van der Waals surface area contributed by atoms with Gasteiger partial charge in [0.05, 0.1) is 5.92 Å². The maximum atomic E-state index is 10.5. The first-order chi connectivity index (χ1) is 7.11. The normalized spacial score (nSPS) is 11.1. The van der Waals surface area contributed by atoms with E-state index in [4.69, 9.17) is 5.11 Å². The first-order valence-electron chi connectivity index (χ1n) is 5.38. The molecule has 0 saturated heterocycles. The zero-order valence-electron chi connectivity index (χ0n) is 9.73. The van der Waals surface area contributed by atoms with Crippen LogP contribution in [0.25, 0.3) is 0 Å². The molecular weight excluding hydrogens is 188 g/mol. The molecule has 1 atom stereocenters. The highest BCUT2D eigenvalue weighted by molar-refractivity contribution is 5.69. The van der Waals surface area contributed by atoms with E-state index in [0.717, 1.165) is 5.56 Å². The van der Waals surface area contributed by atoms with E-state index in [1.807, 2.05) is 30.3 Å². The molecule has 0 aliphatic carbocycles. The topological polar surface area (TPSA) is 37.3 Å². The summed E-state index contributed by atoms with van der Waals surface area (Å²) in [5.74, 6) is -1.04.